The van der Waals surface area contributed by atoms with Crippen LogP contribution in [0.3, 0.4) is 0 Å². The van der Waals surface area contributed by atoms with Gasteiger partial charge < -0.3 is 10.5 Å². The highest BCUT2D eigenvalue weighted by Gasteiger charge is 2.13. The second kappa shape index (κ2) is 8.37. The third-order valence-electron chi connectivity index (χ3n) is 1.80. The average Bonchev–Trinajstić information content (AvgIpc) is 2.22. The highest BCUT2D eigenvalue weighted by Crippen LogP contribution is 1.94. The summed E-state index contributed by atoms with van der Waals surface area (Å²) in [6.07, 6.45) is 0.905. The van der Waals surface area contributed by atoms with Crippen LogP contribution in [0.5, 0.6) is 0 Å². The first kappa shape index (κ1) is 16.3. The van der Waals surface area contributed by atoms with Gasteiger partial charge >= 0.3 is 5.97 Å². The molecule has 0 heterocycles. The lowest BCUT2D eigenvalue weighted by Crippen LogP contribution is -2.29. The van der Waals surface area contributed by atoms with Gasteiger partial charge in [-0.1, -0.05) is 12.2 Å². The van der Waals surface area contributed by atoms with Crippen LogP contribution in [0.4, 0.5) is 0 Å². The second-order valence-electron chi connectivity index (χ2n) is 3.34. The zero-order valence-electron chi connectivity index (χ0n) is 9.77. The molecular weight excluding hydrogens is 264 g/mol. The van der Waals surface area contributed by atoms with E-state index < -0.39 is 16.0 Å². The number of thiocarbonyl (C=S) groups is 1. The molecule has 0 rings (SSSR count). The van der Waals surface area contributed by atoms with E-state index in [4.69, 9.17) is 5.73 Å². The van der Waals surface area contributed by atoms with Gasteiger partial charge in [-0.25, -0.2) is 13.1 Å². The third-order valence-corrected chi connectivity index (χ3v) is 3.39. The van der Waals surface area contributed by atoms with Crippen molar-refractivity contribution in [2.75, 3.05) is 18.9 Å². The molecule has 0 aromatic carbocycles. The van der Waals surface area contributed by atoms with Gasteiger partial charge in [-0.05, 0) is 19.8 Å². The Bertz CT molecular complexity index is 354. The Kier molecular flexibility index (Phi) is 8.01. The molecule has 0 aliphatic rings. The van der Waals surface area contributed by atoms with E-state index in [1.54, 1.807) is 6.92 Å². The molecule has 100 valence electrons. The minimum atomic E-state index is -3.43. The lowest BCUT2D eigenvalue weighted by Gasteiger charge is -2.06. The Labute approximate surface area is 107 Å². The molecule has 3 N–H and O–H groups in total. The topological polar surface area (TPSA) is 98.5 Å². The number of esters is 1. The summed E-state index contributed by atoms with van der Waals surface area (Å²) in [4.78, 5) is 11.3. The van der Waals surface area contributed by atoms with Gasteiger partial charge in [0.1, 0.15) is 0 Å². The number of hydrogen-bond donors (Lipinski definition) is 2. The maximum absolute atomic E-state index is 11.4. The van der Waals surface area contributed by atoms with Gasteiger partial charge in [0.15, 0.2) is 0 Å². The number of sulfonamides is 1. The van der Waals surface area contributed by atoms with Crippen molar-refractivity contribution in [3.63, 3.8) is 0 Å². The van der Waals surface area contributed by atoms with E-state index in [2.05, 4.69) is 21.7 Å². The lowest BCUT2D eigenvalue weighted by atomic mass is 10.3. The van der Waals surface area contributed by atoms with Crippen LogP contribution in [-0.2, 0) is 19.6 Å². The second-order valence-corrected chi connectivity index (χ2v) is 5.79. The normalized spacial score (nSPS) is 11.1. The predicted octanol–water partition coefficient (Wildman–Crippen LogP) is -0.0747. The monoisotopic (exact) mass is 282 g/mol. The van der Waals surface area contributed by atoms with Crippen LogP contribution >= 0.6 is 12.2 Å². The number of carbonyl (C=O) groups is 1. The number of ether oxygens (including phenoxy) is 1. The number of nitrogens with two attached hydrogens (primary N) is 1. The van der Waals surface area contributed by atoms with Crippen molar-refractivity contribution in [2.24, 2.45) is 5.73 Å². The zero-order valence-corrected chi connectivity index (χ0v) is 11.4. The Morgan fingerprint density at radius 1 is 1.41 bits per heavy atom. The molecule has 17 heavy (non-hydrogen) atoms. The summed E-state index contributed by atoms with van der Waals surface area (Å²) < 4.78 is 29.8. The largest absolute Gasteiger partial charge is 0.466 e. The van der Waals surface area contributed by atoms with E-state index in [0.717, 1.165) is 0 Å². The summed E-state index contributed by atoms with van der Waals surface area (Å²) in [5.41, 5.74) is 5.27. The minimum Gasteiger partial charge on any atom is -0.466 e. The Hall–Kier alpha value is -0.730. The zero-order chi connectivity index (χ0) is 13.3. The number of hydrogen-bond acceptors (Lipinski definition) is 5. The van der Waals surface area contributed by atoms with Crippen LogP contribution in [0.1, 0.15) is 26.2 Å². The molecule has 0 unspecified atom stereocenters. The summed E-state index contributed by atoms with van der Waals surface area (Å²) in [5, 5.41) is 0. The van der Waals surface area contributed by atoms with E-state index in [0.29, 0.717) is 17.8 Å². The molecule has 0 spiro atoms. The molecule has 0 aliphatic heterocycles. The first-order valence-electron chi connectivity index (χ1n) is 5.28. The standard InChI is InChI=1S/C9H18N2O4S2/c1-2-15-9(12)5-7-17(13,14)11-6-3-4-8(10)16/h11H,2-7H2,1H3,(H2,10,16). The predicted molar refractivity (Wildman–Crippen MR) is 69.1 cm³/mol. The molecule has 0 fully saturated rings. The van der Waals surface area contributed by atoms with Crippen molar-refractivity contribution in [2.45, 2.75) is 26.2 Å². The summed E-state index contributed by atoms with van der Waals surface area (Å²) >= 11 is 4.66. The van der Waals surface area contributed by atoms with Crippen molar-refractivity contribution in [3.05, 3.63) is 0 Å². The lowest BCUT2D eigenvalue weighted by molar-refractivity contribution is -0.142. The van der Waals surface area contributed by atoms with E-state index in [1.807, 2.05) is 0 Å². The molecule has 0 aliphatic carbocycles. The van der Waals surface area contributed by atoms with Crippen molar-refractivity contribution < 1.29 is 17.9 Å². The molecule has 0 radical (unpaired) electrons. The fourth-order valence-corrected chi connectivity index (χ4v) is 2.19. The van der Waals surface area contributed by atoms with E-state index in [-0.39, 0.29) is 25.3 Å². The van der Waals surface area contributed by atoms with Crippen molar-refractivity contribution in [1.82, 2.24) is 4.72 Å². The van der Waals surface area contributed by atoms with E-state index in [9.17, 15) is 13.2 Å². The quantitative estimate of drug-likeness (QED) is 0.349. The van der Waals surface area contributed by atoms with Gasteiger partial charge in [0.25, 0.3) is 0 Å². The van der Waals surface area contributed by atoms with Gasteiger partial charge in [-0.3, -0.25) is 4.79 Å². The molecular formula is C9H18N2O4S2. The first-order valence-corrected chi connectivity index (χ1v) is 7.34. The van der Waals surface area contributed by atoms with Crippen LogP contribution in [0.2, 0.25) is 0 Å². The molecule has 8 heteroatoms. The van der Waals surface area contributed by atoms with Gasteiger partial charge in [0, 0.05) is 6.54 Å². The molecule has 6 nitrogen and oxygen atoms in total. The van der Waals surface area contributed by atoms with E-state index >= 15 is 0 Å². The van der Waals surface area contributed by atoms with Crippen molar-refractivity contribution >= 4 is 33.2 Å². The number of rotatable bonds is 9. The van der Waals surface area contributed by atoms with Gasteiger partial charge in [-0.2, -0.15) is 0 Å². The maximum atomic E-state index is 11.4. The molecule has 0 bridgehead atoms. The van der Waals surface area contributed by atoms with Crippen LogP contribution < -0.4 is 10.5 Å². The van der Waals surface area contributed by atoms with Crippen LogP contribution in [-0.4, -0.2) is 38.3 Å². The van der Waals surface area contributed by atoms with Crippen molar-refractivity contribution in [3.8, 4) is 0 Å². The number of carbonyl (C=O) groups excluding carboxylic acids is 1. The molecule has 0 aromatic heterocycles. The molecule has 0 saturated carbocycles. The van der Waals surface area contributed by atoms with Crippen LogP contribution in [0, 0.1) is 0 Å². The average molecular weight is 282 g/mol. The summed E-state index contributed by atoms with van der Waals surface area (Å²) in [6.45, 7) is 2.18. The van der Waals surface area contributed by atoms with Gasteiger partial charge in [-0.15, -0.1) is 0 Å². The fourth-order valence-electron chi connectivity index (χ4n) is 1.01. The number of nitrogens with one attached hydrogen (secondary N) is 1. The Balaban J connectivity index is 3.80. The maximum Gasteiger partial charge on any atom is 0.306 e. The molecule has 0 aromatic rings. The van der Waals surface area contributed by atoms with Gasteiger partial charge in [0.05, 0.1) is 23.8 Å². The summed E-state index contributed by atoms with van der Waals surface area (Å²) in [5.74, 6) is -0.778. The molecule has 0 atom stereocenters. The van der Waals surface area contributed by atoms with Gasteiger partial charge in [0.2, 0.25) is 10.0 Å². The summed E-state index contributed by atoms with van der Waals surface area (Å²) in [6, 6.07) is 0. The van der Waals surface area contributed by atoms with Crippen LogP contribution in [0.15, 0.2) is 0 Å². The third kappa shape index (κ3) is 10.2. The Morgan fingerprint density at radius 2 is 2.06 bits per heavy atom. The Morgan fingerprint density at radius 3 is 2.59 bits per heavy atom. The SMILES string of the molecule is CCOC(=O)CCS(=O)(=O)NCCCC(N)=S. The summed E-state index contributed by atoms with van der Waals surface area (Å²) in [7, 11) is -3.43. The molecule has 0 saturated heterocycles. The van der Waals surface area contributed by atoms with E-state index in [1.165, 1.54) is 0 Å². The minimum absolute atomic E-state index is 0.140. The first-order chi connectivity index (χ1) is 7.87. The molecule has 0 amide bonds. The highest BCUT2D eigenvalue weighted by molar-refractivity contribution is 7.89. The van der Waals surface area contributed by atoms with Crippen molar-refractivity contribution in [1.29, 1.82) is 0 Å². The fraction of sp³-hybridized carbons (Fsp3) is 0.778. The smallest absolute Gasteiger partial charge is 0.306 e. The highest BCUT2D eigenvalue weighted by atomic mass is 32.2. The van der Waals surface area contributed by atoms with Crippen LogP contribution in [0.25, 0.3) is 0 Å².